The maximum Gasteiger partial charge on any atom is 0.254 e. The van der Waals surface area contributed by atoms with E-state index in [1.54, 1.807) is 0 Å². The van der Waals surface area contributed by atoms with E-state index in [1.165, 1.54) is 12.8 Å². The summed E-state index contributed by atoms with van der Waals surface area (Å²) in [5, 5.41) is 0. The first-order valence-corrected chi connectivity index (χ1v) is 6.76. The van der Waals surface area contributed by atoms with E-state index in [4.69, 9.17) is 4.74 Å². The minimum atomic E-state index is -0.0392. The van der Waals surface area contributed by atoms with E-state index in [1.807, 2.05) is 27.7 Å². The van der Waals surface area contributed by atoms with E-state index < -0.39 is 0 Å². The van der Waals surface area contributed by atoms with Gasteiger partial charge in [0, 0.05) is 17.9 Å². The third kappa shape index (κ3) is 2.64. The molecule has 1 aromatic rings. The van der Waals surface area contributed by atoms with Crippen molar-refractivity contribution in [2.45, 2.75) is 52.6 Å². The Morgan fingerprint density at radius 3 is 2.56 bits per heavy atom. The summed E-state index contributed by atoms with van der Waals surface area (Å²) in [6, 6.07) is 0. The minimum Gasteiger partial charge on any atom is -0.370 e. The van der Waals surface area contributed by atoms with Crippen molar-refractivity contribution in [3.8, 4) is 0 Å². The third-order valence-corrected chi connectivity index (χ3v) is 3.41. The number of nitrogens with one attached hydrogen (secondary N) is 1. The van der Waals surface area contributed by atoms with Gasteiger partial charge < -0.3 is 9.72 Å². The van der Waals surface area contributed by atoms with Crippen molar-refractivity contribution in [1.82, 2.24) is 9.97 Å². The fourth-order valence-electron chi connectivity index (χ4n) is 2.45. The standard InChI is InChI=1S/C14H22N2O2/c1-5-18-12(10-6-7-10)13-15-9(4)11(8(2)3)14(17)16-13/h8,10,12H,5-7H2,1-4H3,(H,15,16,17). The fourth-order valence-corrected chi connectivity index (χ4v) is 2.45. The van der Waals surface area contributed by atoms with Gasteiger partial charge in [0.05, 0.1) is 0 Å². The average Bonchev–Trinajstić information content (AvgIpc) is 3.07. The zero-order valence-corrected chi connectivity index (χ0v) is 11.6. The number of aromatic amines is 1. The molecule has 0 aromatic carbocycles. The average molecular weight is 250 g/mol. The highest BCUT2D eigenvalue weighted by Gasteiger charge is 2.35. The molecule has 1 aromatic heterocycles. The number of rotatable bonds is 5. The molecule has 0 aliphatic heterocycles. The van der Waals surface area contributed by atoms with Gasteiger partial charge in [-0.25, -0.2) is 4.98 Å². The SMILES string of the molecule is CCOC(c1nc(C)c(C(C)C)c(=O)[nH]1)C1CC1. The van der Waals surface area contributed by atoms with Gasteiger partial charge in [-0.1, -0.05) is 13.8 Å². The Kier molecular flexibility index (Phi) is 3.85. The van der Waals surface area contributed by atoms with Gasteiger partial charge in [0.1, 0.15) is 11.9 Å². The van der Waals surface area contributed by atoms with E-state index in [9.17, 15) is 4.79 Å². The zero-order valence-electron chi connectivity index (χ0n) is 11.6. The van der Waals surface area contributed by atoms with Crippen LogP contribution in [-0.4, -0.2) is 16.6 Å². The molecule has 4 heteroatoms. The van der Waals surface area contributed by atoms with Crippen LogP contribution in [0.3, 0.4) is 0 Å². The van der Waals surface area contributed by atoms with Gasteiger partial charge in [-0.15, -0.1) is 0 Å². The van der Waals surface area contributed by atoms with Crippen molar-refractivity contribution in [2.75, 3.05) is 6.61 Å². The molecular weight excluding hydrogens is 228 g/mol. The number of hydrogen-bond acceptors (Lipinski definition) is 3. The van der Waals surface area contributed by atoms with Crippen LogP contribution in [0.4, 0.5) is 0 Å². The molecule has 1 aliphatic carbocycles. The number of hydrogen-bond donors (Lipinski definition) is 1. The van der Waals surface area contributed by atoms with Crippen LogP contribution >= 0.6 is 0 Å². The van der Waals surface area contributed by atoms with Crippen molar-refractivity contribution < 1.29 is 4.74 Å². The maximum absolute atomic E-state index is 12.1. The number of nitrogens with zero attached hydrogens (tertiary/aromatic N) is 1. The molecule has 1 unspecified atom stereocenters. The van der Waals surface area contributed by atoms with Crippen molar-refractivity contribution >= 4 is 0 Å². The van der Waals surface area contributed by atoms with Crippen molar-refractivity contribution in [1.29, 1.82) is 0 Å². The van der Waals surface area contributed by atoms with E-state index in [-0.39, 0.29) is 17.6 Å². The van der Waals surface area contributed by atoms with Crippen LogP contribution in [-0.2, 0) is 4.74 Å². The van der Waals surface area contributed by atoms with Crippen LogP contribution in [0.5, 0.6) is 0 Å². The Hall–Kier alpha value is -1.16. The van der Waals surface area contributed by atoms with Gasteiger partial charge in [0.2, 0.25) is 0 Å². The Labute approximate surface area is 108 Å². The van der Waals surface area contributed by atoms with Crippen molar-refractivity contribution in [3.63, 3.8) is 0 Å². The van der Waals surface area contributed by atoms with E-state index in [0.29, 0.717) is 18.3 Å². The molecule has 1 heterocycles. The zero-order chi connectivity index (χ0) is 13.3. The predicted octanol–water partition coefficient (Wildman–Crippen LogP) is 2.69. The summed E-state index contributed by atoms with van der Waals surface area (Å²) in [4.78, 5) is 19.6. The first-order valence-electron chi connectivity index (χ1n) is 6.76. The van der Waals surface area contributed by atoms with Gasteiger partial charge in [-0.2, -0.15) is 0 Å². The van der Waals surface area contributed by atoms with Gasteiger partial charge in [-0.05, 0) is 38.5 Å². The topological polar surface area (TPSA) is 55.0 Å². The number of aromatic nitrogens is 2. The number of ether oxygens (including phenoxy) is 1. The van der Waals surface area contributed by atoms with Gasteiger partial charge >= 0.3 is 0 Å². The lowest BCUT2D eigenvalue weighted by Crippen LogP contribution is -2.23. The molecule has 0 saturated heterocycles. The van der Waals surface area contributed by atoms with E-state index in [2.05, 4.69) is 9.97 Å². The molecule has 0 spiro atoms. The molecule has 4 nitrogen and oxygen atoms in total. The smallest absolute Gasteiger partial charge is 0.254 e. The molecular formula is C14H22N2O2. The van der Waals surface area contributed by atoms with Crippen LogP contribution in [0.1, 0.15) is 62.7 Å². The molecule has 2 rings (SSSR count). The lowest BCUT2D eigenvalue weighted by Gasteiger charge is -2.17. The summed E-state index contributed by atoms with van der Waals surface area (Å²) >= 11 is 0. The Balaban J connectivity index is 2.37. The van der Waals surface area contributed by atoms with Gasteiger partial charge in [-0.3, -0.25) is 4.79 Å². The quantitative estimate of drug-likeness (QED) is 0.874. The summed E-state index contributed by atoms with van der Waals surface area (Å²) in [6.45, 7) is 8.56. The summed E-state index contributed by atoms with van der Waals surface area (Å²) in [5.74, 6) is 1.42. The molecule has 1 aliphatic rings. The molecule has 0 bridgehead atoms. The van der Waals surface area contributed by atoms with Crippen LogP contribution in [0, 0.1) is 12.8 Å². The third-order valence-electron chi connectivity index (χ3n) is 3.41. The highest BCUT2D eigenvalue weighted by atomic mass is 16.5. The molecule has 1 saturated carbocycles. The van der Waals surface area contributed by atoms with Gasteiger partial charge in [0.15, 0.2) is 0 Å². The molecule has 1 atom stereocenters. The first kappa shape index (κ1) is 13.3. The van der Waals surface area contributed by atoms with Crippen LogP contribution < -0.4 is 5.56 Å². The monoisotopic (exact) mass is 250 g/mol. The number of H-pyrrole nitrogens is 1. The largest absolute Gasteiger partial charge is 0.370 e. The summed E-state index contributed by atoms with van der Waals surface area (Å²) < 4.78 is 5.73. The van der Waals surface area contributed by atoms with Crippen molar-refractivity contribution in [3.05, 3.63) is 27.4 Å². The van der Waals surface area contributed by atoms with E-state index >= 15 is 0 Å². The second kappa shape index (κ2) is 5.22. The Bertz CT molecular complexity index is 475. The van der Waals surface area contributed by atoms with Crippen LogP contribution in [0.25, 0.3) is 0 Å². The van der Waals surface area contributed by atoms with Gasteiger partial charge in [0.25, 0.3) is 5.56 Å². The molecule has 1 fully saturated rings. The molecule has 18 heavy (non-hydrogen) atoms. The van der Waals surface area contributed by atoms with Crippen LogP contribution in [0.15, 0.2) is 4.79 Å². The van der Waals surface area contributed by atoms with Crippen LogP contribution in [0.2, 0.25) is 0 Å². The number of aryl methyl sites for hydroxylation is 1. The Morgan fingerprint density at radius 1 is 1.44 bits per heavy atom. The summed E-state index contributed by atoms with van der Waals surface area (Å²) in [6.07, 6.45) is 2.29. The summed E-state index contributed by atoms with van der Waals surface area (Å²) in [5.41, 5.74) is 1.59. The summed E-state index contributed by atoms with van der Waals surface area (Å²) in [7, 11) is 0. The molecule has 100 valence electrons. The first-order chi connectivity index (χ1) is 8.54. The molecule has 0 radical (unpaired) electrons. The van der Waals surface area contributed by atoms with E-state index in [0.717, 1.165) is 11.3 Å². The maximum atomic E-state index is 12.1. The Morgan fingerprint density at radius 2 is 2.11 bits per heavy atom. The lowest BCUT2D eigenvalue weighted by molar-refractivity contribution is 0.0397. The van der Waals surface area contributed by atoms with Crippen molar-refractivity contribution in [2.24, 2.45) is 5.92 Å². The predicted molar refractivity (Wildman–Crippen MR) is 70.8 cm³/mol. The second-order valence-corrected chi connectivity index (χ2v) is 5.32. The second-order valence-electron chi connectivity index (χ2n) is 5.32. The molecule has 1 N–H and O–H groups in total. The fraction of sp³-hybridized carbons (Fsp3) is 0.714. The minimum absolute atomic E-state index is 0.0159. The highest BCUT2D eigenvalue weighted by Crippen LogP contribution is 2.42. The lowest BCUT2D eigenvalue weighted by atomic mass is 10.0. The highest BCUT2D eigenvalue weighted by molar-refractivity contribution is 5.21. The molecule has 0 amide bonds. The normalized spacial score (nSPS) is 17.2.